The van der Waals surface area contributed by atoms with Gasteiger partial charge in [-0.05, 0) is 43.0 Å². The number of amides is 2. The highest BCUT2D eigenvalue weighted by Crippen LogP contribution is 2.33. The Kier molecular flexibility index (Phi) is 6.73. The van der Waals surface area contributed by atoms with Crippen molar-refractivity contribution >= 4 is 23.5 Å². The molecule has 0 spiro atoms. The lowest BCUT2D eigenvalue weighted by atomic mass is 9.93. The molecule has 1 aliphatic rings. The number of aromatic nitrogens is 2. The summed E-state index contributed by atoms with van der Waals surface area (Å²) in [5.41, 5.74) is 1.67. The minimum atomic E-state index is -1.28. The minimum absolute atomic E-state index is 0.0410. The lowest BCUT2D eigenvalue weighted by molar-refractivity contribution is -0.126. The van der Waals surface area contributed by atoms with E-state index in [1.807, 2.05) is 54.6 Å². The van der Waals surface area contributed by atoms with Gasteiger partial charge in [0.25, 0.3) is 5.91 Å². The standard InChI is InChI=1S/C27H30N4O4/c1-5-35-25(33)22-15-23-24(32)31(21-13-11-20(12-14-21)18(2)3)27(4,17-30(23)29-22)26(34)28-16-19-9-7-6-8-10-19/h6-15,18H,5,16-17H2,1-4H3,(H,28,34)/t27-/m0/s1. The molecule has 0 saturated carbocycles. The van der Waals surface area contributed by atoms with Gasteiger partial charge >= 0.3 is 5.97 Å². The van der Waals surface area contributed by atoms with Crippen molar-refractivity contribution in [3.05, 3.63) is 83.2 Å². The monoisotopic (exact) mass is 474 g/mol. The highest BCUT2D eigenvalue weighted by Gasteiger charge is 2.49. The lowest BCUT2D eigenvalue weighted by Gasteiger charge is -2.43. The highest BCUT2D eigenvalue weighted by molar-refractivity contribution is 6.12. The normalized spacial score (nSPS) is 17.3. The number of ether oxygens (including phenoxy) is 1. The average Bonchev–Trinajstić information content (AvgIpc) is 3.28. The Morgan fingerprint density at radius 1 is 1.11 bits per heavy atom. The van der Waals surface area contributed by atoms with Crippen LogP contribution in [0.25, 0.3) is 0 Å². The number of rotatable bonds is 7. The number of anilines is 1. The van der Waals surface area contributed by atoms with Gasteiger partial charge in [0.1, 0.15) is 11.2 Å². The number of esters is 1. The zero-order chi connectivity index (χ0) is 25.2. The Balaban J connectivity index is 1.73. The minimum Gasteiger partial charge on any atom is -0.461 e. The summed E-state index contributed by atoms with van der Waals surface area (Å²) >= 11 is 0. The van der Waals surface area contributed by atoms with E-state index < -0.39 is 17.4 Å². The van der Waals surface area contributed by atoms with Crippen LogP contribution in [-0.4, -0.2) is 39.7 Å². The number of carbonyl (C=O) groups is 3. The quantitative estimate of drug-likeness (QED) is 0.524. The van der Waals surface area contributed by atoms with Gasteiger partial charge in [0.15, 0.2) is 5.69 Å². The summed E-state index contributed by atoms with van der Waals surface area (Å²) in [6, 6.07) is 18.6. The van der Waals surface area contributed by atoms with Gasteiger partial charge < -0.3 is 10.1 Å². The molecular formula is C27H30N4O4. The zero-order valence-electron chi connectivity index (χ0n) is 20.4. The van der Waals surface area contributed by atoms with Crippen LogP contribution in [0.3, 0.4) is 0 Å². The van der Waals surface area contributed by atoms with Crippen molar-refractivity contribution < 1.29 is 19.1 Å². The fraction of sp³-hybridized carbons (Fsp3) is 0.333. The molecule has 0 fully saturated rings. The topological polar surface area (TPSA) is 93.5 Å². The van der Waals surface area contributed by atoms with Crippen LogP contribution in [0.1, 0.15) is 65.7 Å². The van der Waals surface area contributed by atoms with Crippen molar-refractivity contribution in [1.29, 1.82) is 0 Å². The molecule has 0 bridgehead atoms. The third kappa shape index (κ3) is 4.69. The SMILES string of the molecule is CCOC(=O)c1cc2n(n1)C[C@@](C)(C(=O)NCc1ccccc1)N(c1ccc(C(C)C)cc1)C2=O. The molecule has 1 aromatic heterocycles. The molecule has 2 heterocycles. The number of hydrogen-bond acceptors (Lipinski definition) is 5. The maximum atomic E-state index is 13.8. The van der Waals surface area contributed by atoms with E-state index in [1.54, 1.807) is 13.8 Å². The summed E-state index contributed by atoms with van der Waals surface area (Å²) in [6.07, 6.45) is 0. The van der Waals surface area contributed by atoms with Crippen LogP contribution in [0.15, 0.2) is 60.7 Å². The van der Waals surface area contributed by atoms with Crippen LogP contribution in [-0.2, 0) is 22.6 Å². The first-order valence-corrected chi connectivity index (χ1v) is 11.8. The summed E-state index contributed by atoms with van der Waals surface area (Å²) in [4.78, 5) is 41.1. The summed E-state index contributed by atoms with van der Waals surface area (Å²) in [5, 5.41) is 7.27. The van der Waals surface area contributed by atoms with Gasteiger partial charge in [-0.25, -0.2) is 4.79 Å². The van der Waals surface area contributed by atoms with Crippen molar-refractivity contribution in [1.82, 2.24) is 15.1 Å². The Morgan fingerprint density at radius 2 is 1.80 bits per heavy atom. The molecule has 182 valence electrons. The molecule has 0 saturated heterocycles. The van der Waals surface area contributed by atoms with E-state index in [4.69, 9.17) is 4.74 Å². The molecule has 4 rings (SSSR count). The number of carbonyl (C=O) groups excluding carboxylic acids is 3. The molecule has 8 nitrogen and oxygen atoms in total. The largest absolute Gasteiger partial charge is 0.461 e. The molecule has 35 heavy (non-hydrogen) atoms. The number of benzene rings is 2. The van der Waals surface area contributed by atoms with E-state index in [0.29, 0.717) is 18.2 Å². The fourth-order valence-electron chi connectivity index (χ4n) is 4.27. The maximum Gasteiger partial charge on any atom is 0.358 e. The first-order valence-electron chi connectivity index (χ1n) is 11.8. The molecule has 2 aromatic carbocycles. The van der Waals surface area contributed by atoms with E-state index in [0.717, 1.165) is 11.1 Å². The molecule has 0 aliphatic carbocycles. The third-order valence-corrected chi connectivity index (χ3v) is 6.24. The van der Waals surface area contributed by atoms with Crippen LogP contribution in [0.2, 0.25) is 0 Å². The fourth-order valence-corrected chi connectivity index (χ4v) is 4.27. The van der Waals surface area contributed by atoms with E-state index in [2.05, 4.69) is 24.3 Å². The first kappa shape index (κ1) is 24.2. The predicted molar refractivity (Wildman–Crippen MR) is 132 cm³/mol. The van der Waals surface area contributed by atoms with Crippen LogP contribution in [0.4, 0.5) is 5.69 Å². The summed E-state index contributed by atoms with van der Waals surface area (Å²) in [6.45, 7) is 8.22. The van der Waals surface area contributed by atoms with Gasteiger partial charge in [-0.1, -0.05) is 56.3 Å². The van der Waals surface area contributed by atoms with Crippen LogP contribution in [0, 0.1) is 0 Å². The molecule has 0 radical (unpaired) electrons. The van der Waals surface area contributed by atoms with E-state index in [9.17, 15) is 14.4 Å². The first-order chi connectivity index (χ1) is 16.7. The predicted octanol–water partition coefficient (Wildman–Crippen LogP) is 3.92. The van der Waals surface area contributed by atoms with Crippen molar-refractivity contribution in [2.24, 2.45) is 0 Å². The number of fused-ring (bicyclic) bond motifs is 1. The van der Waals surface area contributed by atoms with E-state index in [-0.39, 0.29) is 30.4 Å². The molecule has 2 amide bonds. The van der Waals surface area contributed by atoms with Crippen LogP contribution in [0.5, 0.6) is 0 Å². The van der Waals surface area contributed by atoms with Crippen molar-refractivity contribution in [2.45, 2.75) is 52.2 Å². The number of nitrogens with zero attached hydrogens (tertiary/aromatic N) is 3. The van der Waals surface area contributed by atoms with Crippen molar-refractivity contribution in [3.63, 3.8) is 0 Å². The summed E-state index contributed by atoms with van der Waals surface area (Å²) in [7, 11) is 0. The highest BCUT2D eigenvalue weighted by atomic mass is 16.5. The third-order valence-electron chi connectivity index (χ3n) is 6.24. The van der Waals surface area contributed by atoms with Crippen LogP contribution < -0.4 is 10.2 Å². The molecule has 1 aliphatic heterocycles. The maximum absolute atomic E-state index is 13.8. The lowest BCUT2D eigenvalue weighted by Crippen LogP contribution is -2.64. The average molecular weight is 475 g/mol. The second kappa shape index (κ2) is 9.74. The van der Waals surface area contributed by atoms with Gasteiger partial charge in [-0.2, -0.15) is 5.10 Å². The van der Waals surface area contributed by atoms with Gasteiger partial charge in [0.2, 0.25) is 5.91 Å². The van der Waals surface area contributed by atoms with Crippen molar-refractivity contribution in [2.75, 3.05) is 11.5 Å². The zero-order valence-corrected chi connectivity index (χ0v) is 20.4. The van der Waals surface area contributed by atoms with E-state index >= 15 is 0 Å². The number of hydrogen-bond donors (Lipinski definition) is 1. The second-order valence-electron chi connectivity index (χ2n) is 9.12. The Labute approximate surface area is 204 Å². The number of nitrogens with one attached hydrogen (secondary N) is 1. The molecule has 3 aromatic rings. The molecular weight excluding hydrogens is 444 g/mol. The van der Waals surface area contributed by atoms with Gasteiger partial charge in [0.05, 0.1) is 13.2 Å². The molecule has 1 N–H and O–H groups in total. The Morgan fingerprint density at radius 3 is 2.43 bits per heavy atom. The summed E-state index contributed by atoms with van der Waals surface area (Å²) in [5.74, 6) is -1.00. The van der Waals surface area contributed by atoms with Gasteiger partial charge in [-0.3, -0.25) is 19.2 Å². The van der Waals surface area contributed by atoms with Gasteiger partial charge in [0, 0.05) is 18.3 Å². The second-order valence-corrected chi connectivity index (χ2v) is 9.12. The summed E-state index contributed by atoms with van der Waals surface area (Å²) < 4.78 is 6.48. The van der Waals surface area contributed by atoms with E-state index in [1.165, 1.54) is 15.6 Å². The van der Waals surface area contributed by atoms with Crippen LogP contribution >= 0.6 is 0 Å². The van der Waals surface area contributed by atoms with Crippen molar-refractivity contribution in [3.8, 4) is 0 Å². The molecule has 8 heteroatoms. The molecule has 1 atom stereocenters. The van der Waals surface area contributed by atoms with Gasteiger partial charge in [-0.15, -0.1) is 0 Å². The molecule has 0 unspecified atom stereocenters. The Hall–Kier alpha value is -3.94. The Bertz CT molecular complexity index is 1230. The smallest absolute Gasteiger partial charge is 0.358 e.